The zero-order chi connectivity index (χ0) is 14.0. The molecule has 1 nitrogen and oxygen atoms in total. The summed E-state index contributed by atoms with van der Waals surface area (Å²) < 4.78 is 0. The van der Waals surface area contributed by atoms with Crippen LogP contribution in [-0.4, -0.2) is 6.04 Å². The van der Waals surface area contributed by atoms with Crippen LogP contribution in [0.2, 0.25) is 0 Å². The van der Waals surface area contributed by atoms with Crippen molar-refractivity contribution in [1.29, 1.82) is 0 Å². The van der Waals surface area contributed by atoms with E-state index in [1.54, 1.807) is 0 Å². The highest BCUT2D eigenvalue weighted by Crippen LogP contribution is 2.29. The molecule has 3 atom stereocenters. The monoisotopic (exact) mass is 259 g/mol. The van der Waals surface area contributed by atoms with E-state index < -0.39 is 0 Å². The fourth-order valence-corrected chi connectivity index (χ4v) is 3.42. The van der Waals surface area contributed by atoms with Crippen LogP contribution in [0.3, 0.4) is 0 Å². The molecule has 3 unspecified atom stereocenters. The molecule has 0 aliphatic heterocycles. The Labute approximate surface area is 118 Å². The molecule has 0 heterocycles. The van der Waals surface area contributed by atoms with E-state index in [0.717, 1.165) is 18.4 Å². The first-order chi connectivity index (χ1) is 8.97. The zero-order valence-corrected chi connectivity index (χ0v) is 13.2. The molecule has 0 saturated heterocycles. The zero-order valence-electron chi connectivity index (χ0n) is 13.2. The maximum Gasteiger partial charge on any atom is 0.0210 e. The average Bonchev–Trinajstić information content (AvgIpc) is 2.34. The summed E-state index contributed by atoms with van der Waals surface area (Å²) in [4.78, 5) is 0. The SMILES string of the molecule is Cc1cc(C)c(CNC2CCC(C)CC2C)cc1C. The third-order valence-electron chi connectivity index (χ3n) is 4.94. The summed E-state index contributed by atoms with van der Waals surface area (Å²) in [7, 11) is 0. The molecule has 1 heteroatoms. The lowest BCUT2D eigenvalue weighted by Gasteiger charge is -2.33. The first-order valence-electron chi connectivity index (χ1n) is 7.77. The van der Waals surface area contributed by atoms with Crippen molar-refractivity contribution < 1.29 is 0 Å². The summed E-state index contributed by atoms with van der Waals surface area (Å²) in [6, 6.07) is 5.38. The predicted molar refractivity (Wildman–Crippen MR) is 83.5 cm³/mol. The van der Waals surface area contributed by atoms with Crippen LogP contribution in [0.25, 0.3) is 0 Å². The summed E-state index contributed by atoms with van der Waals surface area (Å²) >= 11 is 0. The van der Waals surface area contributed by atoms with E-state index in [1.807, 2.05) is 0 Å². The van der Waals surface area contributed by atoms with E-state index in [0.29, 0.717) is 6.04 Å². The maximum atomic E-state index is 3.80. The minimum absolute atomic E-state index is 0.706. The van der Waals surface area contributed by atoms with Crippen LogP contribution < -0.4 is 5.32 Å². The van der Waals surface area contributed by atoms with E-state index >= 15 is 0 Å². The molecule has 106 valence electrons. The first kappa shape index (κ1) is 14.6. The van der Waals surface area contributed by atoms with Gasteiger partial charge in [-0.15, -0.1) is 0 Å². The lowest BCUT2D eigenvalue weighted by molar-refractivity contribution is 0.227. The molecule has 0 amide bonds. The van der Waals surface area contributed by atoms with Crippen LogP contribution in [-0.2, 0) is 6.54 Å². The van der Waals surface area contributed by atoms with Crippen molar-refractivity contribution in [2.45, 2.75) is 66.5 Å². The normalized spacial score (nSPS) is 27.5. The molecule has 1 fully saturated rings. The van der Waals surface area contributed by atoms with Crippen molar-refractivity contribution in [2.75, 3.05) is 0 Å². The number of hydrogen-bond acceptors (Lipinski definition) is 1. The highest BCUT2D eigenvalue weighted by Gasteiger charge is 2.24. The molecule has 0 spiro atoms. The van der Waals surface area contributed by atoms with E-state index in [2.05, 4.69) is 52.1 Å². The molecule has 1 saturated carbocycles. The van der Waals surface area contributed by atoms with Gasteiger partial charge in [0.25, 0.3) is 0 Å². The quantitative estimate of drug-likeness (QED) is 0.841. The van der Waals surface area contributed by atoms with Crippen molar-refractivity contribution in [3.05, 3.63) is 34.4 Å². The average molecular weight is 259 g/mol. The lowest BCUT2D eigenvalue weighted by atomic mass is 9.80. The van der Waals surface area contributed by atoms with Gasteiger partial charge in [0.1, 0.15) is 0 Å². The summed E-state index contributed by atoms with van der Waals surface area (Å²) in [6.07, 6.45) is 4.10. The van der Waals surface area contributed by atoms with Crippen molar-refractivity contribution >= 4 is 0 Å². The molecule has 1 N–H and O–H groups in total. The Bertz CT molecular complexity index is 436. The maximum absolute atomic E-state index is 3.80. The summed E-state index contributed by atoms with van der Waals surface area (Å²) in [6.45, 7) is 12.5. The first-order valence-corrected chi connectivity index (χ1v) is 7.77. The van der Waals surface area contributed by atoms with E-state index in [9.17, 15) is 0 Å². The third kappa shape index (κ3) is 3.60. The number of aryl methyl sites for hydroxylation is 3. The summed E-state index contributed by atoms with van der Waals surface area (Å²) in [5.74, 6) is 1.73. The Hall–Kier alpha value is -0.820. The summed E-state index contributed by atoms with van der Waals surface area (Å²) in [5, 5.41) is 3.80. The van der Waals surface area contributed by atoms with E-state index in [-0.39, 0.29) is 0 Å². The molecule has 0 bridgehead atoms. The molecule has 19 heavy (non-hydrogen) atoms. The number of rotatable bonds is 3. The highest BCUT2D eigenvalue weighted by molar-refractivity contribution is 5.36. The molecule has 0 aromatic heterocycles. The molecule has 0 radical (unpaired) electrons. The van der Waals surface area contributed by atoms with Crippen LogP contribution >= 0.6 is 0 Å². The van der Waals surface area contributed by atoms with Crippen molar-refractivity contribution in [3.8, 4) is 0 Å². The molecule has 1 aliphatic carbocycles. The van der Waals surface area contributed by atoms with Crippen LogP contribution in [0.4, 0.5) is 0 Å². The Morgan fingerprint density at radius 1 is 1.00 bits per heavy atom. The Morgan fingerprint density at radius 2 is 1.68 bits per heavy atom. The largest absolute Gasteiger partial charge is 0.310 e. The Morgan fingerprint density at radius 3 is 2.37 bits per heavy atom. The smallest absolute Gasteiger partial charge is 0.0210 e. The van der Waals surface area contributed by atoms with Crippen molar-refractivity contribution in [2.24, 2.45) is 11.8 Å². The number of benzene rings is 1. The van der Waals surface area contributed by atoms with Gasteiger partial charge < -0.3 is 5.32 Å². The molecular formula is C18H29N. The van der Waals surface area contributed by atoms with Crippen LogP contribution in [0.5, 0.6) is 0 Å². The van der Waals surface area contributed by atoms with Crippen LogP contribution in [0.1, 0.15) is 55.4 Å². The van der Waals surface area contributed by atoms with Gasteiger partial charge in [-0.3, -0.25) is 0 Å². The predicted octanol–water partition coefficient (Wildman–Crippen LogP) is 4.53. The van der Waals surface area contributed by atoms with E-state index in [1.165, 1.54) is 41.5 Å². The standard InChI is InChI=1S/C18H29N/c1-12-6-7-18(16(5)8-12)19-11-17-10-14(3)13(2)9-15(17)4/h9-10,12,16,18-19H,6-8,11H2,1-5H3. The second-order valence-electron chi connectivity index (χ2n) is 6.75. The molecular weight excluding hydrogens is 230 g/mol. The molecule has 1 aromatic rings. The van der Waals surface area contributed by atoms with Crippen LogP contribution in [0, 0.1) is 32.6 Å². The lowest BCUT2D eigenvalue weighted by Crippen LogP contribution is -2.38. The van der Waals surface area contributed by atoms with Gasteiger partial charge in [0.2, 0.25) is 0 Å². The Kier molecular flexibility index (Phi) is 4.67. The number of nitrogens with one attached hydrogen (secondary N) is 1. The Balaban J connectivity index is 1.97. The van der Waals surface area contributed by atoms with E-state index in [4.69, 9.17) is 0 Å². The fraction of sp³-hybridized carbons (Fsp3) is 0.667. The third-order valence-corrected chi connectivity index (χ3v) is 4.94. The second-order valence-corrected chi connectivity index (χ2v) is 6.75. The van der Waals surface area contributed by atoms with Gasteiger partial charge in [0, 0.05) is 12.6 Å². The van der Waals surface area contributed by atoms with Gasteiger partial charge in [0.15, 0.2) is 0 Å². The minimum atomic E-state index is 0.706. The minimum Gasteiger partial charge on any atom is -0.310 e. The topological polar surface area (TPSA) is 12.0 Å². The van der Waals surface area contributed by atoms with Gasteiger partial charge in [-0.2, -0.15) is 0 Å². The van der Waals surface area contributed by atoms with Gasteiger partial charge in [-0.05, 0) is 74.1 Å². The second kappa shape index (κ2) is 6.09. The molecule has 1 aromatic carbocycles. The highest BCUT2D eigenvalue weighted by atomic mass is 14.9. The summed E-state index contributed by atoms with van der Waals surface area (Å²) in [5.41, 5.74) is 5.70. The number of hydrogen-bond donors (Lipinski definition) is 1. The fourth-order valence-electron chi connectivity index (χ4n) is 3.42. The van der Waals surface area contributed by atoms with Crippen molar-refractivity contribution in [3.63, 3.8) is 0 Å². The van der Waals surface area contributed by atoms with Crippen LogP contribution in [0.15, 0.2) is 12.1 Å². The van der Waals surface area contributed by atoms with Gasteiger partial charge in [-0.1, -0.05) is 26.0 Å². The molecule has 2 rings (SSSR count). The van der Waals surface area contributed by atoms with Crippen molar-refractivity contribution in [1.82, 2.24) is 5.32 Å². The van der Waals surface area contributed by atoms with Gasteiger partial charge >= 0.3 is 0 Å². The van der Waals surface area contributed by atoms with Gasteiger partial charge in [-0.25, -0.2) is 0 Å². The van der Waals surface area contributed by atoms with Gasteiger partial charge in [0.05, 0.1) is 0 Å². The molecule has 1 aliphatic rings.